The molecule has 25 heavy (non-hydrogen) atoms. The van der Waals surface area contributed by atoms with Gasteiger partial charge in [-0.15, -0.1) is 0 Å². The van der Waals surface area contributed by atoms with Crippen molar-refractivity contribution in [2.45, 2.75) is 18.9 Å². The van der Waals surface area contributed by atoms with Crippen molar-refractivity contribution in [1.82, 2.24) is 10.2 Å². The van der Waals surface area contributed by atoms with Crippen molar-refractivity contribution in [2.75, 3.05) is 18.4 Å². The van der Waals surface area contributed by atoms with E-state index < -0.39 is 12.1 Å². The molecule has 130 valence electrons. The predicted octanol–water partition coefficient (Wildman–Crippen LogP) is 3.83. The lowest BCUT2D eigenvalue weighted by Gasteiger charge is -2.24. The number of carbonyl (C=O) groups is 2. The molecule has 6 heteroatoms. The third-order valence-corrected chi connectivity index (χ3v) is 4.43. The van der Waals surface area contributed by atoms with Crippen molar-refractivity contribution >= 4 is 29.2 Å². The van der Waals surface area contributed by atoms with Gasteiger partial charge in [-0.3, -0.25) is 4.79 Å². The van der Waals surface area contributed by atoms with Crippen LogP contribution in [0.2, 0.25) is 5.02 Å². The molecule has 1 heterocycles. The number of hydrogen-bond acceptors (Lipinski definition) is 2. The minimum Gasteiger partial charge on any atom is -0.341 e. The second-order valence-corrected chi connectivity index (χ2v) is 6.42. The van der Waals surface area contributed by atoms with Gasteiger partial charge in [0, 0.05) is 23.8 Å². The molecule has 5 nitrogen and oxygen atoms in total. The fraction of sp³-hybridized carbons (Fsp3) is 0.263. The quantitative estimate of drug-likeness (QED) is 0.873. The maximum absolute atomic E-state index is 12.8. The Kier molecular flexibility index (Phi) is 5.56. The molecule has 0 unspecified atom stereocenters. The van der Waals surface area contributed by atoms with E-state index in [9.17, 15) is 9.59 Å². The van der Waals surface area contributed by atoms with Gasteiger partial charge in [-0.1, -0.05) is 41.9 Å². The van der Waals surface area contributed by atoms with Gasteiger partial charge in [-0.2, -0.15) is 0 Å². The molecule has 0 aliphatic carbocycles. The van der Waals surface area contributed by atoms with Gasteiger partial charge >= 0.3 is 6.03 Å². The Morgan fingerprint density at radius 2 is 1.60 bits per heavy atom. The molecule has 0 aromatic heterocycles. The van der Waals surface area contributed by atoms with Crippen LogP contribution in [0.5, 0.6) is 0 Å². The van der Waals surface area contributed by atoms with E-state index in [0.717, 1.165) is 31.5 Å². The molecule has 1 aliphatic heterocycles. The van der Waals surface area contributed by atoms with Crippen LogP contribution in [0, 0.1) is 0 Å². The minimum absolute atomic E-state index is 0.0741. The van der Waals surface area contributed by atoms with Crippen LogP contribution in [-0.2, 0) is 4.79 Å². The number of anilines is 1. The molecule has 0 bridgehead atoms. The van der Waals surface area contributed by atoms with E-state index in [2.05, 4.69) is 10.6 Å². The normalized spacial score (nSPS) is 14.8. The fourth-order valence-electron chi connectivity index (χ4n) is 2.88. The van der Waals surface area contributed by atoms with Gasteiger partial charge in [0.25, 0.3) is 0 Å². The second kappa shape index (κ2) is 8.03. The Balaban J connectivity index is 1.73. The number of likely N-dealkylation sites (tertiary alicyclic amines) is 1. The Morgan fingerprint density at radius 3 is 2.24 bits per heavy atom. The third kappa shape index (κ3) is 4.51. The standard InChI is InChI=1S/C19H20ClN3O2/c20-15-8-10-16(11-9-15)21-19(25)22-17(14-6-2-1-3-7-14)18(24)23-12-4-5-13-23/h1-3,6-11,17H,4-5,12-13H2,(H2,21,22,25)/t17-/m0/s1. The summed E-state index contributed by atoms with van der Waals surface area (Å²) in [5, 5.41) is 6.13. The van der Waals surface area contributed by atoms with Crippen molar-refractivity contribution in [2.24, 2.45) is 0 Å². The van der Waals surface area contributed by atoms with E-state index in [1.165, 1.54) is 0 Å². The summed E-state index contributed by atoms with van der Waals surface area (Å²) in [5.41, 5.74) is 1.38. The highest BCUT2D eigenvalue weighted by molar-refractivity contribution is 6.30. The summed E-state index contributed by atoms with van der Waals surface area (Å²) in [4.78, 5) is 27.0. The number of carbonyl (C=O) groups excluding carboxylic acids is 2. The Hall–Kier alpha value is -2.53. The van der Waals surface area contributed by atoms with Crippen LogP contribution in [-0.4, -0.2) is 29.9 Å². The van der Waals surface area contributed by atoms with Crippen LogP contribution in [0.25, 0.3) is 0 Å². The van der Waals surface area contributed by atoms with Gasteiger partial charge in [-0.25, -0.2) is 4.79 Å². The number of halogens is 1. The van der Waals surface area contributed by atoms with Crippen LogP contribution in [0.1, 0.15) is 24.4 Å². The van der Waals surface area contributed by atoms with Crippen molar-refractivity contribution in [1.29, 1.82) is 0 Å². The van der Waals surface area contributed by atoms with Crippen molar-refractivity contribution in [3.63, 3.8) is 0 Å². The lowest BCUT2D eigenvalue weighted by Crippen LogP contribution is -2.43. The number of amides is 3. The number of nitrogens with zero attached hydrogens (tertiary/aromatic N) is 1. The first-order valence-corrected chi connectivity index (χ1v) is 8.68. The number of benzene rings is 2. The lowest BCUT2D eigenvalue weighted by atomic mass is 10.1. The zero-order chi connectivity index (χ0) is 17.6. The molecule has 2 aromatic carbocycles. The molecule has 0 radical (unpaired) electrons. The smallest absolute Gasteiger partial charge is 0.320 e. The molecule has 1 saturated heterocycles. The number of urea groups is 1. The summed E-state index contributed by atoms with van der Waals surface area (Å²) >= 11 is 5.85. The van der Waals surface area contributed by atoms with Crippen LogP contribution in [0.15, 0.2) is 54.6 Å². The Bertz CT molecular complexity index is 728. The van der Waals surface area contributed by atoms with Crippen LogP contribution in [0.3, 0.4) is 0 Å². The van der Waals surface area contributed by atoms with Gasteiger partial charge < -0.3 is 15.5 Å². The average molecular weight is 358 g/mol. The summed E-state index contributed by atoms with van der Waals surface area (Å²) in [6.45, 7) is 1.48. The van der Waals surface area contributed by atoms with Crippen molar-refractivity contribution in [3.05, 3.63) is 65.2 Å². The molecule has 0 spiro atoms. The van der Waals surface area contributed by atoms with E-state index >= 15 is 0 Å². The SMILES string of the molecule is O=C(Nc1ccc(Cl)cc1)N[C@H](C(=O)N1CCCC1)c1ccccc1. The molecule has 1 atom stereocenters. The lowest BCUT2D eigenvalue weighted by molar-refractivity contribution is -0.132. The molecule has 1 aliphatic rings. The second-order valence-electron chi connectivity index (χ2n) is 5.98. The van der Waals surface area contributed by atoms with Gasteiger partial charge in [-0.05, 0) is 42.7 Å². The van der Waals surface area contributed by atoms with Gasteiger partial charge in [0.05, 0.1) is 0 Å². The predicted molar refractivity (Wildman–Crippen MR) is 98.6 cm³/mol. The first-order chi connectivity index (χ1) is 12.1. The van der Waals surface area contributed by atoms with Crippen molar-refractivity contribution in [3.8, 4) is 0 Å². The summed E-state index contributed by atoms with van der Waals surface area (Å²) in [5.74, 6) is -0.0741. The highest BCUT2D eigenvalue weighted by Crippen LogP contribution is 2.20. The summed E-state index contributed by atoms with van der Waals surface area (Å²) in [7, 11) is 0. The zero-order valence-corrected chi connectivity index (χ0v) is 14.5. The molecule has 0 saturated carbocycles. The number of rotatable bonds is 4. The molecular formula is C19H20ClN3O2. The van der Waals surface area contributed by atoms with Gasteiger partial charge in [0.2, 0.25) is 5.91 Å². The topological polar surface area (TPSA) is 61.4 Å². The maximum atomic E-state index is 12.8. The maximum Gasteiger partial charge on any atom is 0.320 e. The Labute approximate surface area is 152 Å². The first-order valence-electron chi connectivity index (χ1n) is 8.30. The van der Waals surface area contributed by atoms with Gasteiger partial charge in [0.15, 0.2) is 0 Å². The molecule has 1 fully saturated rings. The zero-order valence-electron chi connectivity index (χ0n) is 13.7. The molecule has 3 rings (SSSR count). The number of hydrogen-bond donors (Lipinski definition) is 2. The van der Waals surface area contributed by atoms with E-state index in [1.807, 2.05) is 30.3 Å². The minimum atomic E-state index is -0.702. The van der Waals surface area contributed by atoms with Gasteiger partial charge in [0.1, 0.15) is 6.04 Å². The highest BCUT2D eigenvalue weighted by Gasteiger charge is 2.29. The van der Waals surface area contributed by atoms with Crippen molar-refractivity contribution < 1.29 is 9.59 Å². The summed E-state index contributed by atoms with van der Waals surface area (Å²) in [6.07, 6.45) is 2.01. The van der Waals surface area contributed by atoms with E-state index in [-0.39, 0.29) is 5.91 Å². The van der Waals surface area contributed by atoms with E-state index in [0.29, 0.717) is 10.7 Å². The molecule has 2 N–H and O–H groups in total. The molecular weight excluding hydrogens is 338 g/mol. The summed E-state index contributed by atoms with van der Waals surface area (Å²) in [6, 6.07) is 15.0. The van der Waals surface area contributed by atoms with E-state index in [1.54, 1.807) is 29.2 Å². The largest absolute Gasteiger partial charge is 0.341 e. The van der Waals surface area contributed by atoms with Crippen LogP contribution in [0.4, 0.5) is 10.5 Å². The summed E-state index contributed by atoms with van der Waals surface area (Å²) < 4.78 is 0. The first kappa shape index (κ1) is 17.3. The average Bonchev–Trinajstić information content (AvgIpc) is 3.16. The fourth-order valence-corrected chi connectivity index (χ4v) is 3.01. The van der Waals surface area contributed by atoms with Crippen LogP contribution < -0.4 is 10.6 Å². The highest BCUT2D eigenvalue weighted by atomic mass is 35.5. The third-order valence-electron chi connectivity index (χ3n) is 4.18. The monoisotopic (exact) mass is 357 g/mol. The number of nitrogens with one attached hydrogen (secondary N) is 2. The molecule has 2 aromatic rings. The molecule has 3 amide bonds. The Morgan fingerprint density at radius 1 is 0.960 bits per heavy atom. The van der Waals surface area contributed by atoms with E-state index in [4.69, 9.17) is 11.6 Å². The van der Waals surface area contributed by atoms with Crippen LogP contribution >= 0.6 is 11.6 Å².